The maximum Gasteiger partial charge on any atom is 0.275 e. The Kier molecular flexibility index (Phi) is 3.19. The number of nitrogens with zero attached hydrogens (tertiary/aromatic N) is 2. The van der Waals surface area contributed by atoms with Crippen molar-refractivity contribution in [3.05, 3.63) is 64.5 Å². The second-order valence-corrected chi connectivity index (χ2v) is 4.62. The van der Waals surface area contributed by atoms with Crippen molar-refractivity contribution in [3.8, 4) is 0 Å². The molecule has 2 N–H and O–H groups in total. The number of aromatic nitrogens is 3. The lowest BCUT2D eigenvalue weighted by atomic mass is 10.1. The highest BCUT2D eigenvalue weighted by Crippen LogP contribution is 2.19. The highest BCUT2D eigenvalue weighted by atomic mass is 16.2. The average molecular weight is 280 g/mol. The van der Waals surface area contributed by atoms with Crippen LogP contribution in [0.2, 0.25) is 0 Å². The van der Waals surface area contributed by atoms with Gasteiger partial charge >= 0.3 is 0 Å². The van der Waals surface area contributed by atoms with Gasteiger partial charge in [0.1, 0.15) is 5.69 Å². The fourth-order valence-electron chi connectivity index (χ4n) is 2.12. The number of rotatable bonds is 2. The molecule has 2 heterocycles. The fraction of sp³-hybridized carbons (Fsp3) is 0.0667. The monoisotopic (exact) mass is 280 g/mol. The summed E-state index contributed by atoms with van der Waals surface area (Å²) in [5.41, 5.74) is 2.21. The van der Waals surface area contributed by atoms with Gasteiger partial charge in [-0.2, -0.15) is 0 Å². The first-order valence-electron chi connectivity index (χ1n) is 6.34. The van der Waals surface area contributed by atoms with E-state index in [0.717, 1.165) is 10.9 Å². The van der Waals surface area contributed by atoms with Gasteiger partial charge in [-0.1, -0.05) is 6.07 Å². The minimum Gasteiger partial charge on any atom is -0.322 e. The van der Waals surface area contributed by atoms with E-state index in [1.807, 2.05) is 13.0 Å². The van der Waals surface area contributed by atoms with Gasteiger partial charge in [0, 0.05) is 29.5 Å². The molecule has 0 saturated heterocycles. The lowest BCUT2D eigenvalue weighted by Crippen LogP contribution is -2.14. The smallest absolute Gasteiger partial charge is 0.275 e. The van der Waals surface area contributed by atoms with Gasteiger partial charge in [0.15, 0.2) is 0 Å². The van der Waals surface area contributed by atoms with Crippen LogP contribution in [0.5, 0.6) is 0 Å². The third-order valence-electron chi connectivity index (χ3n) is 3.10. The first-order chi connectivity index (χ1) is 10.1. The number of carbonyl (C=O) groups excluding carboxylic acids is 1. The van der Waals surface area contributed by atoms with Crippen LogP contribution in [-0.2, 0) is 0 Å². The summed E-state index contributed by atoms with van der Waals surface area (Å²) in [5.74, 6) is -0.350. The molecule has 0 aliphatic heterocycles. The minimum atomic E-state index is -0.350. The van der Waals surface area contributed by atoms with Crippen molar-refractivity contribution in [2.24, 2.45) is 0 Å². The predicted molar refractivity (Wildman–Crippen MR) is 79.3 cm³/mol. The third-order valence-corrected chi connectivity index (χ3v) is 3.10. The number of nitrogens with one attached hydrogen (secondary N) is 2. The Morgan fingerprint density at radius 1 is 1.24 bits per heavy atom. The van der Waals surface area contributed by atoms with E-state index in [4.69, 9.17) is 0 Å². The van der Waals surface area contributed by atoms with E-state index in [1.54, 1.807) is 18.2 Å². The summed E-state index contributed by atoms with van der Waals surface area (Å²) in [5, 5.41) is 3.66. The Balaban J connectivity index is 1.95. The van der Waals surface area contributed by atoms with Crippen molar-refractivity contribution < 1.29 is 4.79 Å². The Hall–Kier alpha value is -3.02. The molecule has 3 rings (SSSR count). The topological polar surface area (TPSA) is 87.7 Å². The number of aryl methyl sites for hydroxylation is 1. The number of carbonyl (C=O) groups is 1. The first kappa shape index (κ1) is 13.0. The number of benzene rings is 1. The zero-order valence-corrected chi connectivity index (χ0v) is 11.3. The zero-order valence-electron chi connectivity index (χ0n) is 11.3. The van der Waals surface area contributed by atoms with Crippen LogP contribution in [0.3, 0.4) is 0 Å². The van der Waals surface area contributed by atoms with Crippen molar-refractivity contribution in [3.63, 3.8) is 0 Å². The quantitative estimate of drug-likeness (QED) is 0.750. The molecule has 1 aromatic carbocycles. The van der Waals surface area contributed by atoms with E-state index in [1.165, 1.54) is 18.6 Å². The van der Waals surface area contributed by atoms with E-state index in [9.17, 15) is 9.59 Å². The van der Waals surface area contributed by atoms with Gasteiger partial charge in [0.05, 0.1) is 11.7 Å². The minimum absolute atomic E-state index is 0.169. The van der Waals surface area contributed by atoms with Gasteiger partial charge in [-0.15, -0.1) is 0 Å². The highest BCUT2D eigenvalue weighted by Gasteiger charge is 2.08. The predicted octanol–water partition coefficient (Wildman–Crippen LogP) is 1.88. The third kappa shape index (κ3) is 2.64. The van der Waals surface area contributed by atoms with Gasteiger partial charge in [-0.05, 0) is 24.6 Å². The molecule has 0 radical (unpaired) electrons. The van der Waals surface area contributed by atoms with Crippen molar-refractivity contribution in [1.29, 1.82) is 0 Å². The normalized spacial score (nSPS) is 10.5. The average Bonchev–Trinajstić information content (AvgIpc) is 2.47. The van der Waals surface area contributed by atoms with Crippen LogP contribution in [0.4, 0.5) is 5.69 Å². The molecule has 0 fully saturated rings. The maximum absolute atomic E-state index is 12.0. The van der Waals surface area contributed by atoms with E-state index in [0.29, 0.717) is 11.2 Å². The molecule has 0 bridgehead atoms. The molecule has 0 aliphatic rings. The number of pyridine rings is 1. The summed E-state index contributed by atoms with van der Waals surface area (Å²) in [6.07, 6.45) is 4.35. The van der Waals surface area contributed by atoms with Crippen LogP contribution >= 0.6 is 0 Å². The molecule has 3 aromatic rings. The lowest BCUT2D eigenvalue weighted by Gasteiger charge is -2.07. The van der Waals surface area contributed by atoms with Crippen LogP contribution in [-0.4, -0.2) is 20.9 Å². The van der Waals surface area contributed by atoms with Crippen LogP contribution in [0.25, 0.3) is 10.9 Å². The fourth-order valence-corrected chi connectivity index (χ4v) is 2.12. The molecule has 6 nitrogen and oxygen atoms in total. The molecule has 21 heavy (non-hydrogen) atoms. The summed E-state index contributed by atoms with van der Waals surface area (Å²) in [6.45, 7) is 1.87. The van der Waals surface area contributed by atoms with E-state index < -0.39 is 0 Å². The van der Waals surface area contributed by atoms with Gasteiger partial charge in [0.25, 0.3) is 5.91 Å². The molecular weight excluding hydrogens is 268 g/mol. The van der Waals surface area contributed by atoms with Gasteiger partial charge < -0.3 is 10.3 Å². The number of fused-ring (bicyclic) bond motifs is 1. The Morgan fingerprint density at radius 3 is 2.86 bits per heavy atom. The van der Waals surface area contributed by atoms with Crippen LogP contribution in [0, 0.1) is 6.92 Å². The van der Waals surface area contributed by atoms with Crippen molar-refractivity contribution in [1.82, 2.24) is 15.0 Å². The van der Waals surface area contributed by atoms with Crippen LogP contribution in [0.15, 0.2) is 47.7 Å². The van der Waals surface area contributed by atoms with Crippen molar-refractivity contribution in [2.45, 2.75) is 6.92 Å². The van der Waals surface area contributed by atoms with Crippen LogP contribution in [0.1, 0.15) is 16.1 Å². The molecule has 6 heteroatoms. The maximum atomic E-state index is 12.0. The Morgan fingerprint density at radius 2 is 2.10 bits per heavy atom. The lowest BCUT2D eigenvalue weighted by molar-refractivity contribution is 0.102. The second kappa shape index (κ2) is 5.16. The van der Waals surface area contributed by atoms with Gasteiger partial charge in [-0.25, -0.2) is 4.98 Å². The summed E-state index contributed by atoms with van der Waals surface area (Å²) >= 11 is 0. The number of hydrogen-bond acceptors (Lipinski definition) is 4. The van der Waals surface area contributed by atoms with Gasteiger partial charge in [-0.3, -0.25) is 14.6 Å². The highest BCUT2D eigenvalue weighted by molar-refractivity contribution is 6.03. The van der Waals surface area contributed by atoms with E-state index in [-0.39, 0.29) is 17.2 Å². The Bertz CT molecular complexity index is 872. The largest absolute Gasteiger partial charge is 0.322 e. The van der Waals surface area contributed by atoms with Crippen molar-refractivity contribution in [2.75, 3.05) is 5.32 Å². The molecule has 0 spiro atoms. The summed E-state index contributed by atoms with van der Waals surface area (Å²) in [4.78, 5) is 34.0. The second-order valence-electron chi connectivity index (χ2n) is 4.62. The van der Waals surface area contributed by atoms with Crippen molar-refractivity contribution >= 4 is 22.5 Å². The van der Waals surface area contributed by atoms with Gasteiger partial charge in [0.2, 0.25) is 5.56 Å². The van der Waals surface area contributed by atoms with E-state index in [2.05, 4.69) is 20.3 Å². The molecule has 0 unspecified atom stereocenters. The standard InChI is InChI=1S/C15H12N4O2/c1-9-6-14(20)19-12-7-10(2-3-11(9)12)18-15(21)13-8-16-4-5-17-13/h2-8H,1H3,(H,18,21)(H,19,20). The number of anilines is 1. The molecule has 0 saturated carbocycles. The number of aromatic amines is 1. The van der Waals surface area contributed by atoms with E-state index >= 15 is 0 Å². The number of hydrogen-bond donors (Lipinski definition) is 2. The van der Waals surface area contributed by atoms with Crippen LogP contribution < -0.4 is 10.9 Å². The SMILES string of the molecule is Cc1cc(=O)[nH]c2cc(NC(=O)c3cnccn3)ccc12. The molecule has 1 amide bonds. The molecule has 0 aliphatic carbocycles. The molecule has 104 valence electrons. The summed E-state index contributed by atoms with van der Waals surface area (Å²) in [6, 6.07) is 6.90. The molecule has 0 atom stereocenters. The number of H-pyrrole nitrogens is 1. The summed E-state index contributed by atoms with van der Waals surface area (Å²) in [7, 11) is 0. The molecular formula is C15H12N4O2. The molecule has 2 aromatic heterocycles. The summed E-state index contributed by atoms with van der Waals surface area (Å²) < 4.78 is 0. The number of amides is 1. The zero-order chi connectivity index (χ0) is 14.8. The Labute approximate surface area is 119 Å². The first-order valence-corrected chi connectivity index (χ1v) is 6.34.